The van der Waals surface area contributed by atoms with Crippen LogP contribution in [0, 0.1) is 0 Å². The number of nitrogens with zero attached hydrogens (tertiary/aromatic N) is 3. The number of aliphatic imine (C=N–C) groups is 1. The fraction of sp³-hybridized carbons (Fsp3) is 0.478. The first-order valence-corrected chi connectivity index (χ1v) is 10.7. The molecule has 3 rings (SSSR count). The Morgan fingerprint density at radius 1 is 1.09 bits per heavy atom. The molecule has 32 heavy (non-hydrogen) atoms. The second-order valence-electron chi connectivity index (χ2n) is 7.72. The van der Waals surface area contributed by atoms with Gasteiger partial charge in [0.2, 0.25) is 5.91 Å². The second-order valence-corrected chi connectivity index (χ2v) is 7.72. The van der Waals surface area contributed by atoms with E-state index in [-0.39, 0.29) is 36.4 Å². The third kappa shape index (κ3) is 8.79. The molecule has 2 aromatic rings. The van der Waals surface area contributed by atoms with Gasteiger partial charge in [-0.05, 0) is 23.3 Å². The van der Waals surface area contributed by atoms with Gasteiger partial charge < -0.3 is 24.7 Å². The Morgan fingerprint density at radius 2 is 1.84 bits per heavy atom. The molecule has 1 fully saturated rings. The molecule has 0 saturated carbocycles. The first kappa shape index (κ1) is 26.1. The van der Waals surface area contributed by atoms with Crippen LogP contribution in [0.3, 0.4) is 0 Å². The van der Waals surface area contributed by atoms with Crippen molar-refractivity contribution < 1.29 is 13.9 Å². The number of ether oxygens (including phenoxy) is 1. The molecule has 1 aromatic carbocycles. The molecule has 0 unspecified atom stereocenters. The van der Waals surface area contributed by atoms with Crippen molar-refractivity contribution >= 4 is 35.8 Å². The molecule has 1 amide bonds. The zero-order valence-electron chi connectivity index (χ0n) is 18.9. The maximum atomic E-state index is 12.0. The standard InChI is InChI=1S/C23H33N5O3.HI/c1-27(2)22(29)17-26-23(24-10-9-21-8-5-13-31-21)25-16-19-6-3-4-7-20(19)18-28-11-14-30-15-12-28;/h3-8,13H,9-12,14-18H2,1-2H3,(H2,24,25,26);1H. The number of carbonyl (C=O) groups excluding carboxylic acids is 1. The number of guanidine groups is 1. The number of morpholine rings is 1. The quantitative estimate of drug-likeness (QED) is 0.280. The minimum absolute atomic E-state index is 0. The second kappa shape index (κ2) is 14.1. The highest BCUT2D eigenvalue weighted by molar-refractivity contribution is 14.0. The summed E-state index contributed by atoms with van der Waals surface area (Å²) in [5.41, 5.74) is 2.45. The van der Waals surface area contributed by atoms with E-state index in [1.165, 1.54) is 11.1 Å². The van der Waals surface area contributed by atoms with Gasteiger partial charge in [-0.25, -0.2) is 4.99 Å². The van der Waals surface area contributed by atoms with Gasteiger partial charge in [0.25, 0.3) is 0 Å². The zero-order valence-corrected chi connectivity index (χ0v) is 21.2. The Balaban J connectivity index is 0.00000363. The lowest BCUT2D eigenvalue weighted by molar-refractivity contribution is -0.127. The first-order valence-electron chi connectivity index (χ1n) is 10.7. The minimum Gasteiger partial charge on any atom is -0.469 e. The van der Waals surface area contributed by atoms with Crippen LogP contribution in [-0.2, 0) is 29.0 Å². The molecule has 0 spiro atoms. The summed E-state index contributed by atoms with van der Waals surface area (Å²) < 4.78 is 10.8. The highest BCUT2D eigenvalue weighted by atomic mass is 127. The van der Waals surface area contributed by atoms with E-state index in [0.717, 1.165) is 45.0 Å². The molecule has 2 heterocycles. The van der Waals surface area contributed by atoms with Crippen LogP contribution < -0.4 is 10.6 Å². The first-order chi connectivity index (χ1) is 15.1. The van der Waals surface area contributed by atoms with Gasteiger partial charge in [0.1, 0.15) is 5.76 Å². The van der Waals surface area contributed by atoms with Gasteiger partial charge in [-0.2, -0.15) is 0 Å². The summed E-state index contributed by atoms with van der Waals surface area (Å²) in [5, 5.41) is 6.45. The van der Waals surface area contributed by atoms with Crippen LogP contribution in [0.1, 0.15) is 16.9 Å². The monoisotopic (exact) mass is 555 g/mol. The van der Waals surface area contributed by atoms with Crippen molar-refractivity contribution in [1.82, 2.24) is 20.4 Å². The predicted molar refractivity (Wildman–Crippen MR) is 136 cm³/mol. The zero-order chi connectivity index (χ0) is 21.9. The van der Waals surface area contributed by atoms with E-state index in [2.05, 4.69) is 33.7 Å². The average molecular weight is 555 g/mol. The Kier molecular flexibility index (Phi) is 11.5. The van der Waals surface area contributed by atoms with Crippen LogP contribution in [0.25, 0.3) is 0 Å². The van der Waals surface area contributed by atoms with E-state index >= 15 is 0 Å². The fourth-order valence-corrected chi connectivity index (χ4v) is 3.28. The maximum absolute atomic E-state index is 12.0. The molecule has 1 aliphatic heterocycles. The van der Waals surface area contributed by atoms with Crippen LogP contribution in [-0.4, -0.2) is 75.2 Å². The van der Waals surface area contributed by atoms with Gasteiger partial charge in [0.05, 0.1) is 32.6 Å². The summed E-state index contributed by atoms with van der Waals surface area (Å²) >= 11 is 0. The van der Waals surface area contributed by atoms with Crippen molar-refractivity contribution in [3.63, 3.8) is 0 Å². The number of carbonyl (C=O) groups is 1. The summed E-state index contributed by atoms with van der Waals surface area (Å²) in [6, 6.07) is 12.2. The summed E-state index contributed by atoms with van der Waals surface area (Å²) in [6.07, 6.45) is 2.41. The predicted octanol–water partition coefficient (Wildman–Crippen LogP) is 2.10. The molecule has 1 saturated heterocycles. The molecule has 1 aliphatic rings. The van der Waals surface area contributed by atoms with Crippen molar-refractivity contribution in [3.8, 4) is 0 Å². The van der Waals surface area contributed by atoms with Gasteiger partial charge in [-0.1, -0.05) is 24.3 Å². The number of hydrogen-bond acceptors (Lipinski definition) is 5. The molecular formula is C23H34IN5O3. The molecule has 0 bridgehead atoms. The molecule has 176 valence electrons. The lowest BCUT2D eigenvalue weighted by Gasteiger charge is -2.27. The molecular weight excluding hydrogens is 521 g/mol. The van der Waals surface area contributed by atoms with Crippen molar-refractivity contribution in [1.29, 1.82) is 0 Å². The topological polar surface area (TPSA) is 82.3 Å². The number of hydrogen-bond donors (Lipinski definition) is 2. The number of nitrogens with one attached hydrogen (secondary N) is 2. The van der Waals surface area contributed by atoms with Gasteiger partial charge in [-0.15, -0.1) is 24.0 Å². The molecule has 1 aromatic heterocycles. The Morgan fingerprint density at radius 3 is 2.53 bits per heavy atom. The third-order valence-corrected chi connectivity index (χ3v) is 5.17. The van der Waals surface area contributed by atoms with Gasteiger partial charge in [0.15, 0.2) is 5.96 Å². The van der Waals surface area contributed by atoms with E-state index in [4.69, 9.17) is 14.1 Å². The highest BCUT2D eigenvalue weighted by Crippen LogP contribution is 2.14. The van der Waals surface area contributed by atoms with Crippen LogP contribution in [0.4, 0.5) is 0 Å². The van der Waals surface area contributed by atoms with Gasteiger partial charge >= 0.3 is 0 Å². The number of rotatable bonds is 9. The smallest absolute Gasteiger partial charge is 0.241 e. The van der Waals surface area contributed by atoms with Crippen molar-refractivity contribution in [2.24, 2.45) is 4.99 Å². The number of furan rings is 1. The fourth-order valence-electron chi connectivity index (χ4n) is 3.28. The van der Waals surface area contributed by atoms with Gasteiger partial charge in [-0.3, -0.25) is 9.69 Å². The summed E-state index contributed by atoms with van der Waals surface area (Å²) in [7, 11) is 3.49. The van der Waals surface area contributed by atoms with Crippen molar-refractivity contribution in [3.05, 3.63) is 59.5 Å². The number of halogens is 1. The van der Waals surface area contributed by atoms with Gasteiger partial charge in [0, 0.05) is 46.7 Å². The number of benzene rings is 1. The Hall–Kier alpha value is -2.11. The summed E-state index contributed by atoms with van der Waals surface area (Å²) in [4.78, 5) is 20.7. The van der Waals surface area contributed by atoms with Crippen LogP contribution in [0.5, 0.6) is 0 Å². The van der Waals surface area contributed by atoms with E-state index in [1.807, 2.05) is 18.2 Å². The molecule has 0 atom stereocenters. The van der Waals surface area contributed by atoms with E-state index in [1.54, 1.807) is 25.3 Å². The number of likely N-dealkylation sites (N-methyl/N-ethyl adjacent to an activating group) is 1. The van der Waals surface area contributed by atoms with E-state index < -0.39 is 0 Å². The summed E-state index contributed by atoms with van der Waals surface area (Å²) in [6.45, 7) is 5.74. The SMILES string of the molecule is CN(C)C(=O)CNC(=NCc1ccccc1CN1CCOCC1)NCCc1ccco1.I. The minimum atomic E-state index is -0.00625. The van der Waals surface area contributed by atoms with Crippen LogP contribution in [0.15, 0.2) is 52.1 Å². The molecule has 0 aliphatic carbocycles. The molecule has 8 nitrogen and oxygen atoms in total. The molecule has 9 heteroatoms. The highest BCUT2D eigenvalue weighted by Gasteiger charge is 2.13. The average Bonchev–Trinajstić information content (AvgIpc) is 3.30. The molecule has 2 N–H and O–H groups in total. The van der Waals surface area contributed by atoms with E-state index in [9.17, 15) is 4.79 Å². The van der Waals surface area contributed by atoms with Crippen LogP contribution >= 0.6 is 24.0 Å². The maximum Gasteiger partial charge on any atom is 0.241 e. The third-order valence-electron chi connectivity index (χ3n) is 5.17. The van der Waals surface area contributed by atoms with Crippen molar-refractivity contribution in [2.75, 3.05) is 53.5 Å². The van der Waals surface area contributed by atoms with E-state index in [0.29, 0.717) is 19.0 Å². The Bertz CT molecular complexity index is 836. The Labute approximate surface area is 207 Å². The van der Waals surface area contributed by atoms with Crippen molar-refractivity contribution in [2.45, 2.75) is 19.5 Å². The largest absolute Gasteiger partial charge is 0.469 e. The normalized spacial score (nSPS) is 14.5. The van der Waals surface area contributed by atoms with Crippen LogP contribution in [0.2, 0.25) is 0 Å². The lowest BCUT2D eigenvalue weighted by Crippen LogP contribution is -2.43. The number of amides is 1. The molecule has 0 radical (unpaired) electrons. The summed E-state index contributed by atoms with van der Waals surface area (Å²) in [5.74, 6) is 1.52. The lowest BCUT2D eigenvalue weighted by atomic mass is 10.1.